The molecule has 4 heterocycles. The molecule has 0 bridgehead atoms. The first-order valence-corrected chi connectivity index (χ1v) is 14.2. The Hall–Kier alpha value is -1.01. The molecule has 3 radical (unpaired) electrons. The van der Waals surface area contributed by atoms with Gasteiger partial charge in [0.2, 0.25) is 5.28 Å². The number of ether oxygens (including phenoxy) is 4. The van der Waals surface area contributed by atoms with Crippen molar-refractivity contribution in [1.29, 1.82) is 0 Å². The van der Waals surface area contributed by atoms with Crippen LogP contribution in [0.25, 0.3) is 11.2 Å². The van der Waals surface area contributed by atoms with Crippen LogP contribution in [0.3, 0.4) is 0 Å². The minimum absolute atomic E-state index is 0.0127. The first-order valence-electron chi connectivity index (χ1n) is 9.17. The van der Waals surface area contributed by atoms with Gasteiger partial charge in [-0.25, -0.2) is 18.4 Å². The van der Waals surface area contributed by atoms with Crippen LogP contribution in [0.15, 0.2) is 6.33 Å². The Morgan fingerprint density at radius 2 is 1.86 bits per heavy atom. The third kappa shape index (κ3) is 6.12. The molecule has 193 valence electrons. The molecule has 0 saturated carbocycles. The Labute approximate surface area is 201 Å². The van der Waals surface area contributed by atoms with Gasteiger partial charge in [0.15, 0.2) is 17.7 Å². The molecule has 3 unspecified atom stereocenters. The molecular formula is C12H16BClN5O13P3-. The number of hydrogen-bond donors (Lipinski definition) is 4. The number of imidazole rings is 1. The van der Waals surface area contributed by atoms with Crippen LogP contribution in [0.5, 0.6) is 0 Å². The zero-order valence-corrected chi connectivity index (χ0v) is 20.7. The van der Waals surface area contributed by atoms with Crippen LogP contribution in [0.4, 0.5) is 5.82 Å². The number of nitrogens with zero attached hydrogens (tertiary/aromatic N) is 4. The van der Waals surface area contributed by atoms with Crippen LogP contribution < -0.4 is 5.73 Å². The van der Waals surface area contributed by atoms with Crippen LogP contribution in [0, 0.1) is 0 Å². The quantitative estimate of drug-likeness (QED) is 0.176. The Morgan fingerprint density at radius 3 is 2.51 bits per heavy atom. The molecule has 2 aliphatic heterocycles. The van der Waals surface area contributed by atoms with Crippen molar-refractivity contribution in [3.8, 4) is 0 Å². The van der Waals surface area contributed by atoms with Gasteiger partial charge in [0.1, 0.15) is 23.8 Å². The van der Waals surface area contributed by atoms with E-state index in [-0.39, 0.29) is 22.3 Å². The molecule has 7 atom stereocenters. The third-order valence-corrected chi connectivity index (χ3v) is 8.65. The van der Waals surface area contributed by atoms with Gasteiger partial charge >= 0.3 is 15.6 Å². The van der Waals surface area contributed by atoms with Gasteiger partial charge in [-0.2, -0.15) is 14.3 Å². The van der Waals surface area contributed by atoms with Gasteiger partial charge in [-0.15, -0.1) is 0 Å². The number of hydrogen-bond acceptors (Lipinski definition) is 14. The summed E-state index contributed by atoms with van der Waals surface area (Å²) < 4.78 is 70.9. The highest BCUT2D eigenvalue weighted by Gasteiger charge is 2.54. The van der Waals surface area contributed by atoms with Crippen LogP contribution in [0.2, 0.25) is 5.28 Å². The summed E-state index contributed by atoms with van der Waals surface area (Å²) in [6.07, 6.45) is -2.51. The molecule has 2 saturated heterocycles. The highest BCUT2D eigenvalue weighted by atomic mass is 35.5. The molecule has 0 amide bonds. The highest BCUT2D eigenvalue weighted by molar-refractivity contribution is 7.84. The molecule has 2 aliphatic rings. The molecule has 0 aromatic carbocycles. The van der Waals surface area contributed by atoms with Gasteiger partial charge in [0.25, 0.3) is 6.48 Å². The van der Waals surface area contributed by atoms with Gasteiger partial charge in [-0.1, -0.05) is 0 Å². The highest BCUT2D eigenvalue weighted by Crippen LogP contribution is 2.66. The normalized spacial score (nSPS) is 30.3. The monoisotopic (exact) mass is 577 g/mol. The van der Waals surface area contributed by atoms with Crippen molar-refractivity contribution in [2.24, 2.45) is 0 Å². The molecule has 2 aromatic rings. The van der Waals surface area contributed by atoms with Gasteiger partial charge < -0.3 is 56.0 Å². The Morgan fingerprint density at radius 1 is 1.17 bits per heavy atom. The number of halogens is 1. The van der Waals surface area contributed by atoms with Gasteiger partial charge in [0.05, 0.1) is 20.4 Å². The fourth-order valence-corrected chi connectivity index (χ4v) is 6.69. The van der Waals surface area contributed by atoms with E-state index in [1.54, 1.807) is 0 Å². The Balaban J connectivity index is 1.53. The second-order valence-corrected chi connectivity index (χ2v) is 11.9. The molecule has 35 heavy (non-hydrogen) atoms. The maximum Gasteiger partial charge on any atom is 0.485 e. The van der Waals surface area contributed by atoms with E-state index in [4.69, 9.17) is 58.2 Å². The van der Waals surface area contributed by atoms with Crippen LogP contribution in [-0.2, 0) is 45.8 Å². The van der Waals surface area contributed by atoms with Crippen molar-refractivity contribution < 1.29 is 60.5 Å². The summed E-state index contributed by atoms with van der Waals surface area (Å²) in [5.41, 5.74) is 6.24. The fourth-order valence-electron chi connectivity index (χ4n) is 3.37. The lowest BCUT2D eigenvalue weighted by Crippen LogP contribution is -2.31. The smallest absolute Gasteiger partial charge is 0.443 e. The second-order valence-electron chi connectivity index (χ2n) is 6.95. The van der Waals surface area contributed by atoms with Crippen LogP contribution in [0.1, 0.15) is 6.23 Å². The average molecular weight is 577 g/mol. The van der Waals surface area contributed by atoms with E-state index in [1.807, 2.05) is 0 Å². The summed E-state index contributed by atoms with van der Waals surface area (Å²) in [7, 11) is -9.38. The predicted octanol–water partition coefficient (Wildman–Crippen LogP) is 0.193. The fraction of sp³-hybridized carbons (Fsp3) is 0.583. The number of rotatable bonds is 9. The summed E-state index contributed by atoms with van der Waals surface area (Å²) in [5, 5.41) is -0.156. The Bertz CT molecular complexity index is 1260. The lowest BCUT2D eigenvalue weighted by molar-refractivity contribution is -0.256. The van der Waals surface area contributed by atoms with Crippen LogP contribution >= 0.6 is 34.7 Å². The van der Waals surface area contributed by atoms with Crippen molar-refractivity contribution >= 4 is 59.3 Å². The first-order chi connectivity index (χ1) is 16.2. The van der Waals surface area contributed by atoms with E-state index in [9.17, 15) is 18.6 Å². The summed E-state index contributed by atoms with van der Waals surface area (Å²) in [5.74, 6) is 0.0127. The first kappa shape index (κ1) is 27.0. The van der Waals surface area contributed by atoms with Gasteiger partial charge in [0, 0.05) is 7.11 Å². The maximum absolute atomic E-state index is 12.3. The number of aromatic nitrogens is 4. The van der Waals surface area contributed by atoms with E-state index in [0.29, 0.717) is 0 Å². The van der Waals surface area contributed by atoms with E-state index in [2.05, 4.69) is 23.6 Å². The largest absolute Gasteiger partial charge is 0.485 e. The van der Waals surface area contributed by atoms with Crippen molar-refractivity contribution in [3.05, 3.63) is 11.6 Å². The molecule has 4 rings (SSSR count). The lowest BCUT2D eigenvalue weighted by atomic mass is 10.1. The van der Waals surface area contributed by atoms with Gasteiger partial charge in [-0.3, -0.25) is 4.57 Å². The number of anilines is 1. The maximum atomic E-state index is 12.3. The summed E-state index contributed by atoms with van der Waals surface area (Å²) in [6, 6.07) is 0. The van der Waals surface area contributed by atoms with Crippen molar-refractivity contribution in [2.75, 3.05) is 19.5 Å². The topological polar surface area (TPSA) is 246 Å². The molecule has 23 heteroatoms. The standard InChI is InChI=1S/C12H16BClN5O13P3/c1-26-12-29-6-4(2-27-33(13,20)31-35(24,25)32-34(21,22)23)28-10(7(6)30-12)19-3-16-5-8(15)17-11(14)18-9(5)19/h3-4,6-7,10,12H,2H2,1H3,(H,24,25)(H2,15,17,18)(H2,21,22,23)/q-1/t4-,6-,7-,10-,12?,33?/m1/s1. The number of methoxy groups -OCH3 is 1. The number of phosphoric acid groups is 2. The Kier molecular flexibility index (Phi) is 7.50. The molecule has 0 aliphatic carbocycles. The van der Waals surface area contributed by atoms with E-state index in [1.165, 1.54) is 18.0 Å². The zero-order chi connectivity index (χ0) is 25.8. The summed E-state index contributed by atoms with van der Waals surface area (Å²) in [4.78, 5) is 38.7. The molecule has 5 N–H and O–H groups in total. The van der Waals surface area contributed by atoms with E-state index in [0.717, 1.165) is 0 Å². The van der Waals surface area contributed by atoms with Gasteiger partial charge in [-0.05, 0) is 11.6 Å². The average Bonchev–Trinajstić information content (AvgIpc) is 3.36. The number of nitrogen functional groups attached to an aromatic ring is 1. The lowest BCUT2D eigenvalue weighted by Gasteiger charge is -2.29. The SMILES string of the molecule is [B-]P(=O)(OC[C@H]1O[C@@H](n2cnc3c(N)nc(Cl)nc32)[C@@H]2OC(OC)O[C@@H]21)OP(=O)(O)OP(=O)(O)O. The minimum atomic E-state index is -5.57. The molecule has 0 spiro atoms. The molecular weight excluding hydrogens is 561 g/mol. The predicted molar refractivity (Wildman–Crippen MR) is 113 cm³/mol. The van der Waals surface area contributed by atoms with Crippen LogP contribution in [-0.4, -0.2) is 80.3 Å². The second kappa shape index (κ2) is 9.70. The van der Waals surface area contributed by atoms with E-state index < -0.39 is 60.7 Å². The summed E-state index contributed by atoms with van der Waals surface area (Å²) >= 11 is 5.90. The van der Waals surface area contributed by atoms with Crippen molar-refractivity contribution in [2.45, 2.75) is 31.0 Å². The number of nitrogens with two attached hydrogens (primary N) is 1. The zero-order valence-electron chi connectivity index (χ0n) is 17.3. The van der Waals surface area contributed by atoms with E-state index >= 15 is 0 Å². The molecule has 18 nitrogen and oxygen atoms in total. The van der Waals surface area contributed by atoms with Crippen molar-refractivity contribution in [3.63, 3.8) is 0 Å². The third-order valence-electron chi connectivity index (χ3n) is 4.55. The summed E-state index contributed by atoms with van der Waals surface area (Å²) in [6.45, 7) is -1.78. The number of fused-ring (bicyclic) bond motifs is 2. The minimum Gasteiger partial charge on any atom is -0.443 e. The molecule has 2 aromatic heterocycles. The molecule has 2 fully saturated rings. The van der Waals surface area contributed by atoms with Crippen molar-refractivity contribution in [1.82, 2.24) is 19.5 Å².